The Balaban J connectivity index is 2.27. The third kappa shape index (κ3) is 5.18. The van der Waals surface area contributed by atoms with Gasteiger partial charge in [0.1, 0.15) is 5.92 Å². The van der Waals surface area contributed by atoms with Crippen LogP contribution in [0, 0.1) is 0 Å². The van der Waals surface area contributed by atoms with Gasteiger partial charge in [-0.3, -0.25) is 4.79 Å². The van der Waals surface area contributed by atoms with Gasteiger partial charge >= 0.3 is 11.9 Å². The minimum absolute atomic E-state index is 0.261. The minimum atomic E-state index is -0.868. The lowest BCUT2D eigenvalue weighted by molar-refractivity contribution is -0.168. The molecule has 4 nitrogen and oxygen atoms in total. The second-order valence-corrected chi connectivity index (χ2v) is 5.72. The quantitative estimate of drug-likeness (QED) is 0.679. The van der Waals surface area contributed by atoms with Gasteiger partial charge in [0.05, 0.1) is 6.61 Å². The van der Waals surface area contributed by atoms with Gasteiger partial charge in [-0.2, -0.15) is 0 Å². The Bertz CT molecular complexity index is 627. The number of carbonyl (C=O) groups is 2. The highest BCUT2D eigenvalue weighted by Gasteiger charge is 2.30. The van der Waals surface area contributed by atoms with Gasteiger partial charge in [-0.1, -0.05) is 74.0 Å². The summed E-state index contributed by atoms with van der Waals surface area (Å²) in [5, 5.41) is 0. The molecule has 0 saturated carbocycles. The molecule has 2 aromatic rings. The van der Waals surface area contributed by atoms with Crippen LogP contribution in [0.25, 0.3) is 0 Å². The van der Waals surface area contributed by atoms with Crippen molar-refractivity contribution in [2.24, 2.45) is 0 Å². The van der Waals surface area contributed by atoms with E-state index in [2.05, 4.69) is 0 Å². The Morgan fingerprint density at radius 1 is 0.840 bits per heavy atom. The Kier molecular flexibility index (Phi) is 7.20. The molecule has 1 atom stereocenters. The number of carbonyl (C=O) groups excluding carboxylic acids is 2. The fourth-order valence-corrected chi connectivity index (χ4v) is 2.69. The van der Waals surface area contributed by atoms with Crippen LogP contribution >= 0.6 is 0 Å². The van der Waals surface area contributed by atoms with Crippen LogP contribution in [0.1, 0.15) is 43.7 Å². The monoisotopic (exact) mass is 340 g/mol. The van der Waals surface area contributed by atoms with Crippen LogP contribution in [-0.2, 0) is 19.1 Å². The molecule has 2 aromatic carbocycles. The normalized spacial score (nSPS) is 11.8. The lowest BCUT2D eigenvalue weighted by Crippen LogP contribution is -2.31. The summed E-state index contributed by atoms with van der Waals surface area (Å²) in [6.45, 7) is 3.93. The van der Waals surface area contributed by atoms with E-state index in [1.807, 2.05) is 67.6 Å². The predicted octanol–water partition coefficient (Wildman–Crippen LogP) is 4.09. The molecule has 0 N–H and O–H groups in total. The summed E-state index contributed by atoms with van der Waals surface area (Å²) in [5.74, 6) is -1.50. The summed E-state index contributed by atoms with van der Waals surface area (Å²) >= 11 is 0. The maximum atomic E-state index is 12.9. The summed E-state index contributed by atoms with van der Waals surface area (Å²) in [7, 11) is 0. The van der Waals surface area contributed by atoms with Crippen molar-refractivity contribution in [2.75, 3.05) is 6.61 Å². The van der Waals surface area contributed by atoms with Crippen LogP contribution in [0.5, 0.6) is 0 Å². The maximum absolute atomic E-state index is 12.9. The van der Waals surface area contributed by atoms with Crippen LogP contribution in [0.3, 0.4) is 0 Å². The Morgan fingerprint density at radius 2 is 1.36 bits per heavy atom. The molecule has 0 aliphatic heterocycles. The van der Waals surface area contributed by atoms with E-state index < -0.39 is 24.0 Å². The Hall–Kier alpha value is -2.62. The molecule has 0 aliphatic rings. The molecule has 132 valence electrons. The molecule has 0 saturated heterocycles. The molecule has 0 aromatic heterocycles. The second-order valence-electron chi connectivity index (χ2n) is 5.72. The molecule has 0 aliphatic carbocycles. The van der Waals surface area contributed by atoms with Crippen molar-refractivity contribution in [3.63, 3.8) is 0 Å². The van der Waals surface area contributed by atoms with Crippen molar-refractivity contribution in [1.29, 1.82) is 0 Å². The number of ether oxygens (including phenoxy) is 2. The molecular weight excluding hydrogens is 316 g/mol. The zero-order valence-electron chi connectivity index (χ0n) is 14.7. The lowest BCUT2D eigenvalue weighted by atomic mass is 9.91. The van der Waals surface area contributed by atoms with Gasteiger partial charge in [-0.15, -0.1) is 0 Å². The molecule has 0 spiro atoms. The van der Waals surface area contributed by atoms with Crippen LogP contribution in [0.2, 0.25) is 0 Å². The smallest absolute Gasteiger partial charge is 0.347 e. The van der Waals surface area contributed by atoms with E-state index in [0.29, 0.717) is 6.42 Å². The Labute approximate surface area is 148 Å². The van der Waals surface area contributed by atoms with Crippen molar-refractivity contribution < 1.29 is 19.1 Å². The van der Waals surface area contributed by atoms with E-state index in [1.54, 1.807) is 6.92 Å². The fraction of sp³-hybridized carbons (Fsp3) is 0.333. The van der Waals surface area contributed by atoms with Crippen molar-refractivity contribution >= 4 is 11.9 Å². The highest BCUT2D eigenvalue weighted by molar-refractivity contribution is 5.85. The average molecular weight is 340 g/mol. The number of benzene rings is 2. The molecule has 0 amide bonds. The largest absolute Gasteiger partial charge is 0.463 e. The molecule has 0 bridgehead atoms. The van der Waals surface area contributed by atoms with Crippen molar-refractivity contribution in [3.05, 3.63) is 71.8 Å². The van der Waals surface area contributed by atoms with E-state index in [-0.39, 0.29) is 6.61 Å². The summed E-state index contributed by atoms with van der Waals surface area (Å²) < 4.78 is 10.6. The number of hydrogen-bond donors (Lipinski definition) is 0. The van der Waals surface area contributed by atoms with Crippen LogP contribution < -0.4 is 0 Å². The topological polar surface area (TPSA) is 52.6 Å². The number of esters is 2. The summed E-state index contributed by atoms with van der Waals surface area (Å²) in [4.78, 5) is 25.0. The highest BCUT2D eigenvalue weighted by Crippen LogP contribution is 2.27. The summed E-state index contributed by atoms with van der Waals surface area (Å²) in [6.07, 6.45) is 0.297. The first kappa shape index (κ1) is 18.7. The fourth-order valence-electron chi connectivity index (χ4n) is 2.69. The van der Waals surface area contributed by atoms with Crippen molar-refractivity contribution in [2.45, 2.75) is 38.7 Å². The number of rotatable bonds is 8. The Morgan fingerprint density at radius 3 is 1.80 bits per heavy atom. The highest BCUT2D eigenvalue weighted by atomic mass is 16.6. The van der Waals surface area contributed by atoms with Gasteiger partial charge < -0.3 is 9.47 Å². The van der Waals surface area contributed by atoms with Crippen LogP contribution in [-0.4, -0.2) is 24.6 Å². The zero-order valence-corrected chi connectivity index (χ0v) is 14.7. The van der Waals surface area contributed by atoms with Crippen molar-refractivity contribution in [3.8, 4) is 0 Å². The molecule has 25 heavy (non-hydrogen) atoms. The molecular formula is C21H24O4. The zero-order chi connectivity index (χ0) is 18.1. The van der Waals surface area contributed by atoms with E-state index in [1.165, 1.54) is 0 Å². The maximum Gasteiger partial charge on any atom is 0.347 e. The second kappa shape index (κ2) is 9.62. The molecule has 4 heteroatoms. The van der Waals surface area contributed by atoms with Gasteiger partial charge in [0.25, 0.3) is 0 Å². The molecule has 0 fully saturated rings. The third-order valence-corrected chi connectivity index (χ3v) is 3.86. The van der Waals surface area contributed by atoms with E-state index in [0.717, 1.165) is 17.5 Å². The SMILES string of the molecule is CCC[C@@H](OC(=O)C(c1ccccc1)c1ccccc1)C(=O)OCC. The molecule has 2 rings (SSSR count). The molecule has 0 radical (unpaired) electrons. The van der Waals surface area contributed by atoms with Crippen molar-refractivity contribution in [1.82, 2.24) is 0 Å². The van der Waals surface area contributed by atoms with Gasteiger partial charge in [0, 0.05) is 0 Å². The van der Waals surface area contributed by atoms with E-state index >= 15 is 0 Å². The minimum Gasteiger partial charge on any atom is -0.463 e. The van der Waals surface area contributed by atoms with Crippen LogP contribution in [0.15, 0.2) is 60.7 Å². The molecule has 0 unspecified atom stereocenters. The standard InChI is InChI=1S/C21H24O4/c1-3-11-18(20(22)24-4-2)25-21(23)19(16-12-7-5-8-13-16)17-14-9-6-10-15-17/h5-10,12-15,18-19H,3-4,11H2,1-2H3/t18-/m1/s1. The van der Waals surface area contributed by atoms with Gasteiger partial charge in [0.2, 0.25) is 0 Å². The van der Waals surface area contributed by atoms with Gasteiger partial charge in [-0.25, -0.2) is 4.79 Å². The predicted molar refractivity (Wildman–Crippen MR) is 96.1 cm³/mol. The summed E-state index contributed by atoms with van der Waals surface area (Å²) in [6, 6.07) is 18.9. The third-order valence-electron chi connectivity index (χ3n) is 3.86. The molecule has 0 heterocycles. The lowest BCUT2D eigenvalue weighted by Gasteiger charge is -2.21. The average Bonchev–Trinajstić information content (AvgIpc) is 2.63. The first-order valence-corrected chi connectivity index (χ1v) is 8.64. The van der Waals surface area contributed by atoms with Crippen LogP contribution in [0.4, 0.5) is 0 Å². The van der Waals surface area contributed by atoms with Gasteiger partial charge in [0.15, 0.2) is 6.10 Å². The van der Waals surface area contributed by atoms with E-state index in [9.17, 15) is 9.59 Å². The first-order valence-electron chi connectivity index (χ1n) is 8.64. The summed E-state index contributed by atoms with van der Waals surface area (Å²) in [5.41, 5.74) is 1.66. The van der Waals surface area contributed by atoms with Gasteiger partial charge in [-0.05, 0) is 24.5 Å². The first-order chi connectivity index (χ1) is 12.2. The van der Waals surface area contributed by atoms with E-state index in [4.69, 9.17) is 9.47 Å². The number of hydrogen-bond acceptors (Lipinski definition) is 4.